The smallest absolute Gasteiger partial charge is 0.241 e. The van der Waals surface area contributed by atoms with Gasteiger partial charge in [-0.15, -0.1) is 0 Å². The maximum absolute atomic E-state index is 11.9. The van der Waals surface area contributed by atoms with Crippen LogP contribution in [-0.4, -0.2) is 85.1 Å². The van der Waals surface area contributed by atoms with Crippen LogP contribution >= 0.6 is 0 Å². The lowest BCUT2D eigenvalue weighted by atomic mass is 10.2. The van der Waals surface area contributed by atoms with Gasteiger partial charge in [-0.05, 0) is 13.0 Å². The SMILES string of the molecule is CCCN1CCN(c2cc(N3CCN(C)C(=O)C3)ncn2)CC1. The second-order valence-corrected chi connectivity index (χ2v) is 6.30. The normalized spacial score (nSPS) is 20.3. The minimum atomic E-state index is 0.143. The molecule has 23 heavy (non-hydrogen) atoms. The van der Waals surface area contributed by atoms with E-state index in [9.17, 15) is 4.79 Å². The van der Waals surface area contributed by atoms with Gasteiger partial charge in [-0.2, -0.15) is 0 Å². The molecular weight excluding hydrogens is 292 g/mol. The van der Waals surface area contributed by atoms with Crippen LogP contribution in [0.25, 0.3) is 0 Å². The number of anilines is 2. The molecule has 2 aliphatic rings. The Kier molecular flexibility index (Phi) is 4.95. The lowest BCUT2D eigenvalue weighted by Crippen LogP contribution is -2.49. The second kappa shape index (κ2) is 7.12. The molecule has 0 unspecified atom stereocenters. The molecule has 0 N–H and O–H groups in total. The van der Waals surface area contributed by atoms with E-state index >= 15 is 0 Å². The third-order valence-electron chi connectivity index (χ3n) is 4.66. The highest BCUT2D eigenvalue weighted by atomic mass is 16.2. The first kappa shape index (κ1) is 16.0. The monoisotopic (exact) mass is 318 g/mol. The van der Waals surface area contributed by atoms with Gasteiger partial charge in [0.1, 0.15) is 18.0 Å². The van der Waals surface area contributed by atoms with Gasteiger partial charge in [0, 0.05) is 52.4 Å². The van der Waals surface area contributed by atoms with Gasteiger partial charge in [0.15, 0.2) is 0 Å². The Bertz CT molecular complexity index is 543. The van der Waals surface area contributed by atoms with Gasteiger partial charge in [-0.3, -0.25) is 9.69 Å². The van der Waals surface area contributed by atoms with E-state index in [0.29, 0.717) is 6.54 Å². The van der Waals surface area contributed by atoms with Crippen molar-refractivity contribution in [1.82, 2.24) is 19.8 Å². The predicted octanol–water partition coefficient (Wildman–Crippen LogP) is 0.287. The summed E-state index contributed by atoms with van der Waals surface area (Å²) in [6.45, 7) is 9.53. The molecule has 1 aromatic rings. The standard InChI is InChI=1S/C16H26N6O/c1-3-4-20-6-9-21(10-7-20)14-11-15(18-13-17-14)22-8-5-19(2)16(23)12-22/h11,13H,3-10,12H2,1-2H3. The quantitative estimate of drug-likeness (QED) is 0.795. The molecule has 2 fully saturated rings. The average Bonchev–Trinajstić information content (AvgIpc) is 2.58. The van der Waals surface area contributed by atoms with Gasteiger partial charge in [0.2, 0.25) is 5.91 Å². The van der Waals surface area contributed by atoms with Crippen molar-refractivity contribution in [3.05, 3.63) is 12.4 Å². The Morgan fingerprint density at radius 2 is 1.65 bits per heavy atom. The molecule has 0 aromatic carbocycles. The molecule has 3 heterocycles. The van der Waals surface area contributed by atoms with E-state index in [1.54, 1.807) is 11.2 Å². The molecule has 0 atom stereocenters. The fraction of sp³-hybridized carbons (Fsp3) is 0.688. The number of nitrogens with zero attached hydrogens (tertiary/aromatic N) is 6. The van der Waals surface area contributed by atoms with Crippen molar-refractivity contribution in [1.29, 1.82) is 0 Å². The van der Waals surface area contributed by atoms with E-state index in [1.165, 1.54) is 13.0 Å². The molecule has 0 bridgehead atoms. The first-order chi connectivity index (χ1) is 11.2. The van der Waals surface area contributed by atoms with E-state index in [-0.39, 0.29) is 5.91 Å². The molecule has 0 aliphatic carbocycles. The van der Waals surface area contributed by atoms with Crippen LogP contribution < -0.4 is 9.80 Å². The summed E-state index contributed by atoms with van der Waals surface area (Å²) in [5.41, 5.74) is 0. The van der Waals surface area contributed by atoms with E-state index in [4.69, 9.17) is 0 Å². The number of hydrogen-bond acceptors (Lipinski definition) is 6. The molecule has 2 aliphatic heterocycles. The number of hydrogen-bond donors (Lipinski definition) is 0. The van der Waals surface area contributed by atoms with E-state index in [2.05, 4.69) is 26.7 Å². The van der Waals surface area contributed by atoms with Crippen molar-refractivity contribution in [3.63, 3.8) is 0 Å². The predicted molar refractivity (Wildman–Crippen MR) is 90.8 cm³/mol. The van der Waals surface area contributed by atoms with E-state index in [1.807, 2.05) is 18.0 Å². The molecule has 0 saturated carbocycles. The number of aromatic nitrogens is 2. The van der Waals surface area contributed by atoms with Crippen molar-refractivity contribution in [2.75, 3.05) is 69.2 Å². The molecular formula is C16H26N6O. The summed E-state index contributed by atoms with van der Waals surface area (Å²) >= 11 is 0. The zero-order valence-corrected chi connectivity index (χ0v) is 14.1. The number of piperazine rings is 2. The van der Waals surface area contributed by atoms with Gasteiger partial charge in [-0.25, -0.2) is 9.97 Å². The Morgan fingerprint density at radius 1 is 1.00 bits per heavy atom. The molecule has 7 nitrogen and oxygen atoms in total. The van der Waals surface area contributed by atoms with Crippen molar-refractivity contribution >= 4 is 17.5 Å². The maximum atomic E-state index is 11.9. The zero-order valence-electron chi connectivity index (χ0n) is 14.1. The molecule has 126 valence electrons. The summed E-state index contributed by atoms with van der Waals surface area (Å²) in [6, 6.07) is 2.02. The third kappa shape index (κ3) is 3.72. The van der Waals surface area contributed by atoms with Crippen molar-refractivity contribution in [2.45, 2.75) is 13.3 Å². The average molecular weight is 318 g/mol. The number of carbonyl (C=O) groups excluding carboxylic acids is 1. The fourth-order valence-corrected chi connectivity index (χ4v) is 3.15. The number of carbonyl (C=O) groups is 1. The third-order valence-corrected chi connectivity index (χ3v) is 4.66. The van der Waals surface area contributed by atoms with Crippen LogP contribution in [-0.2, 0) is 4.79 Å². The molecule has 3 rings (SSSR count). The highest BCUT2D eigenvalue weighted by molar-refractivity contribution is 5.82. The first-order valence-electron chi connectivity index (χ1n) is 8.45. The molecule has 2 saturated heterocycles. The Labute approximate surface area is 137 Å². The zero-order chi connectivity index (χ0) is 16.2. The molecule has 1 aromatic heterocycles. The minimum Gasteiger partial charge on any atom is -0.354 e. The number of likely N-dealkylation sites (N-methyl/N-ethyl adjacent to an activating group) is 1. The van der Waals surface area contributed by atoms with Gasteiger partial charge < -0.3 is 14.7 Å². The summed E-state index contributed by atoms with van der Waals surface area (Å²) in [7, 11) is 1.85. The molecule has 0 radical (unpaired) electrons. The van der Waals surface area contributed by atoms with Crippen LogP contribution in [0.1, 0.15) is 13.3 Å². The lowest BCUT2D eigenvalue weighted by molar-refractivity contribution is -0.129. The lowest BCUT2D eigenvalue weighted by Gasteiger charge is -2.36. The molecule has 1 amide bonds. The highest BCUT2D eigenvalue weighted by Gasteiger charge is 2.23. The van der Waals surface area contributed by atoms with Gasteiger partial charge >= 0.3 is 0 Å². The van der Waals surface area contributed by atoms with Crippen LogP contribution in [0.3, 0.4) is 0 Å². The first-order valence-corrected chi connectivity index (χ1v) is 8.45. The van der Waals surface area contributed by atoms with E-state index in [0.717, 1.165) is 50.9 Å². The Balaban J connectivity index is 1.65. The largest absolute Gasteiger partial charge is 0.354 e. The van der Waals surface area contributed by atoms with Gasteiger partial charge in [-0.1, -0.05) is 6.92 Å². The van der Waals surface area contributed by atoms with Crippen LogP contribution in [0.4, 0.5) is 11.6 Å². The fourth-order valence-electron chi connectivity index (χ4n) is 3.15. The van der Waals surface area contributed by atoms with E-state index < -0.39 is 0 Å². The van der Waals surface area contributed by atoms with Crippen LogP contribution in [0.2, 0.25) is 0 Å². The van der Waals surface area contributed by atoms with Crippen molar-refractivity contribution in [3.8, 4) is 0 Å². The summed E-state index contributed by atoms with van der Waals surface area (Å²) < 4.78 is 0. The molecule has 0 spiro atoms. The van der Waals surface area contributed by atoms with Crippen LogP contribution in [0.5, 0.6) is 0 Å². The maximum Gasteiger partial charge on any atom is 0.241 e. The highest BCUT2D eigenvalue weighted by Crippen LogP contribution is 2.20. The second-order valence-electron chi connectivity index (χ2n) is 6.30. The van der Waals surface area contributed by atoms with Gasteiger partial charge in [0.05, 0.1) is 6.54 Å². The topological polar surface area (TPSA) is 55.8 Å². The summed E-state index contributed by atoms with van der Waals surface area (Å²) in [4.78, 5) is 29.3. The van der Waals surface area contributed by atoms with Gasteiger partial charge in [0.25, 0.3) is 0 Å². The van der Waals surface area contributed by atoms with Crippen molar-refractivity contribution < 1.29 is 4.79 Å². The van der Waals surface area contributed by atoms with Crippen LogP contribution in [0, 0.1) is 0 Å². The Morgan fingerprint density at radius 3 is 2.30 bits per heavy atom. The number of amides is 1. The van der Waals surface area contributed by atoms with Crippen LogP contribution in [0.15, 0.2) is 12.4 Å². The summed E-state index contributed by atoms with van der Waals surface area (Å²) in [5, 5.41) is 0. The van der Waals surface area contributed by atoms with Crippen molar-refractivity contribution in [2.24, 2.45) is 0 Å². The number of rotatable bonds is 4. The minimum absolute atomic E-state index is 0.143. The molecule has 7 heteroatoms. The summed E-state index contributed by atoms with van der Waals surface area (Å²) in [5.74, 6) is 1.97. The Hall–Kier alpha value is -1.89. The summed E-state index contributed by atoms with van der Waals surface area (Å²) in [6.07, 6.45) is 2.82.